The standard InChI is InChI=1S/C71H130O6/c1-4-7-10-13-16-19-21-23-25-27-29-30-31-32-33-34-35-36-37-38-39-40-41-42-43-45-46-48-50-52-55-58-61-64-70(73)76-67-68(66-75-69(72)63-60-57-54-18-15-12-9-6-3)77-71(74)65-62-59-56-53-51-49-47-44-28-26-24-22-20-17-14-11-8-5-2/h20-23,26-29,68H,4-19,24-25,30-67H2,1-3H3/b22-20-,23-21-,28-26-,29-27-. The molecule has 0 N–H and O–H groups in total. The van der Waals surface area contributed by atoms with E-state index in [2.05, 4.69) is 69.4 Å². The van der Waals surface area contributed by atoms with Crippen LogP contribution in [0.4, 0.5) is 0 Å². The lowest BCUT2D eigenvalue weighted by atomic mass is 10.0. The largest absolute Gasteiger partial charge is 0.462 e. The third-order valence-corrected chi connectivity index (χ3v) is 15.3. The molecule has 0 heterocycles. The Balaban J connectivity index is 4.01. The molecule has 77 heavy (non-hydrogen) atoms. The first-order valence-corrected chi connectivity index (χ1v) is 34.1. The minimum atomic E-state index is -0.773. The molecule has 0 bridgehead atoms. The average Bonchev–Trinajstić information content (AvgIpc) is 3.43. The van der Waals surface area contributed by atoms with Gasteiger partial charge in [-0.2, -0.15) is 0 Å². The fraction of sp³-hybridized carbons (Fsp3) is 0.845. The van der Waals surface area contributed by atoms with Gasteiger partial charge in [0.05, 0.1) is 0 Å². The van der Waals surface area contributed by atoms with E-state index < -0.39 is 6.10 Å². The van der Waals surface area contributed by atoms with Crippen LogP contribution in [-0.2, 0) is 28.6 Å². The smallest absolute Gasteiger partial charge is 0.306 e. The summed E-state index contributed by atoms with van der Waals surface area (Å²) in [7, 11) is 0. The van der Waals surface area contributed by atoms with Crippen LogP contribution < -0.4 is 0 Å². The van der Waals surface area contributed by atoms with Gasteiger partial charge in [0.1, 0.15) is 13.2 Å². The highest BCUT2D eigenvalue weighted by Gasteiger charge is 2.19. The van der Waals surface area contributed by atoms with E-state index in [0.29, 0.717) is 19.3 Å². The lowest BCUT2D eigenvalue weighted by Gasteiger charge is -2.18. The number of hydrogen-bond acceptors (Lipinski definition) is 6. The molecule has 0 aromatic rings. The number of carbonyl (C=O) groups is 3. The molecule has 450 valence electrons. The molecule has 0 saturated heterocycles. The average molecular weight is 1080 g/mol. The molecule has 0 aromatic carbocycles. The van der Waals surface area contributed by atoms with Crippen molar-refractivity contribution in [3.8, 4) is 0 Å². The van der Waals surface area contributed by atoms with Crippen LogP contribution in [0.3, 0.4) is 0 Å². The van der Waals surface area contributed by atoms with Gasteiger partial charge >= 0.3 is 17.9 Å². The van der Waals surface area contributed by atoms with E-state index in [4.69, 9.17) is 14.2 Å². The molecule has 6 nitrogen and oxygen atoms in total. The lowest BCUT2D eigenvalue weighted by Crippen LogP contribution is -2.30. The topological polar surface area (TPSA) is 78.9 Å². The van der Waals surface area contributed by atoms with E-state index >= 15 is 0 Å². The van der Waals surface area contributed by atoms with Gasteiger partial charge in [-0.05, 0) is 83.5 Å². The SMILES string of the molecule is CCCCCC/C=C\C/C=C\CCCCCCCCCC(=O)OC(COC(=O)CCCCCCCCCC)COC(=O)CCCCCCCCCCCCCCCCCCCCCCC/C=C\C/C=C\CCCCCCC. The Morgan fingerprint density at radius 1 is 0.260 bits per heavy atom. The van der Waals surface area contributed by atoms with Crippen LogP contribution in [0.5, 0.6) is 0 Å². The zero-order chi connectivity index (χ0) is 55.7. The summed E-state index contributed by atoms with van der Waals surface area (Å²) in [4.78, 5) is 38.1. The molecule has 0 aliphatic heterocycles. The zero-order valence-electron chi connectivity index (χ0n) is 51.7. The van der Waals surface area contributed by atoms with Crippen molar-refractivity contribution in [1.82, 2.24) is 0 Å². The Kier molecular flexibility index (Phi) is 63.6. The molecule has 0 spiro atoms. The summed E-state index contributed by atoms with van der Waals surface area (Å²) in [6.45, 7) is 6.63. The van der Waals surface area contributed by atoms with Crippen molar-refractivity contribution in [2.45, 2.75) is 374 Å². The van der Waals surface area contributed by atoms with Gasteiger partial charge < -0.3 is 14.2 Å². The van der Waals surface area contributed by atoms with Crippen LogP contribution in [0.25, 0.3) is 0 Å². The van der Waals surface area contributed by atoms with E-state index in [1.807, 2.05) is 0 Å². The van der Waals surface area contributed by atoms with Gasteiger partial charge in [0.15, 0.2) is 6.10 Å². The number of carbonyl (C=O) groups excluding carboxylic acids is 3. The Morgan fingerprint density at radius 2 is 0.468 bits per heavy atom. The molecule has 0 rings (SSSR count). The third kappa shape index (κ3) is 64.1. The second kappa shape index (κ2) is 65.9. The molecule has 1 atom stereocenters. The van der Waals surface area contributed by atoms with Crippen LogP contribution in [0.2, 0.25) is 0 Å². The number of unbranched alkanes of at least 4 members (excludes halogenated alkanes) is 44. The summed E-state index contributed by atoms with van der Waals surface area (Å²) < 4.78 is 16.9. The molecule has 0 radical (unpaired) electrons. The minimum Gasteiger partial charge on any atom is -0.462 e. The molecule has 1 unspecified atom stereocenters. The highest BCUT2D eigenvalue weighted by Crippen LogP contribution is 2.18. The Bertz CT molecular complexity index is 1330. The maximum Gasteiger partial charge on any atom is 0.306 e. The molecule has 6 heteroatoms. The Labute approximate surface area is 479 Å². The normalized spacial score (nSPS) is 12.3. The molecular formula is C71H130O6. The van der Waals surface area contributed by atoms with Crippen molar-refractivity contribution in [3.05, 3.63) is 48.6 Å². The highest BCUT2D eigenvalue weighted by atomic mass is 16.6. The van der Waals surface area contributed by atoms with Gasteiger partial charge in [0.25, 0.3) is 0 Å². The summed E-state index contributed by atoms with van der Waals surface area (Å²) in [5, 5.41) is 0. The van der Waals surface area contributed by atoms with Crippen molar-refractivity contribution in [2.75, 3.05) is 13.2 Å². The maximum absolute atomic E-state index is 12.9. The van der Waals surface area contributed by atoms with Crippen LogP contribution >= 0.6 is 0 Å². The monoisotopic (exact) mass is 1080 g/mol. The van der Waals surface area contributed by atoms with E-state index in [1.54, 1.807) is 0 Å². The van der Waals surface area contributed by atoms with Crippen LogP contribution in [0, 0.1) is 0 Å². The Morgan fingerprint density at radius 3 is 0.727 bits per heavy atom. The molecule has 0 aromatic heterocycles. The molecular weight excluding hydrogens is 949 g/mol. The fourth-order valence-corrected chi connectivity index (χ4v) is 10.2. The maximum atomic E-state index is 12.9. The number of rotatable bonds is 63. The van der Waals surface area contributed by atoms with Crippen LogP contribution in [-0.4, -0.2) is 37.2 Å². The predicted octanol–water partition coefficient (Wildman–Crippen LogP) is 23.3. The van der Waals surface area contributed by atoms with Crippen molar-refractivity contribution in [3.63, 3.8) is 0 Å². The quantitative estimate of drug-likeness (QED) is 0.0261. The van der Waals surface area contributed by atoms with Crippen molar-refractivity contribution in [1.29, 1.82) is 0 Å². The summed E-state index contributed by atoms with van der Waals surface area (Å²) >= 11 is 0. The predicted molar refractivity (Wildman–Crippen MR) is 335 cm³/mol. The van der Waals surface area contributed by atoms with Gasteiger partial charge in [-0.1, -0.05) is 313 Å². The number of ether oxygens (including phenoxy) is 3. The van der Waals surface area contributed by atoms with Gasteiger partial charge in [-0.15, -0.1) is 0 Å². The number of allylic oxidation sites excluding steroid dienone is 8. The van der Waals surface area contributed by atoms with E-state index in [0.717, 1.165) is 77.0 Å². The lowest BCUT2D eigenvalue weighted by molar-refractivity contribution is -0.167. The van der Waals surface area contributed by atoms with E-state index in [1.165, 1.54) is 250 Å². The first kappa shape index (κ1) is 74.4. The Hall–Kier alpha value is -2.63. The van der Waals surface area contributed by atoms with Gasteiger partial charge in [-0.25, -0.2) is 0 Å². The highest BCUT2D eigenvalue weighted by molar-refractivity contribution is 5.71. The summed E-state index contributed by atoms with van der Waals surface area (Å²) in [6, 6.07) is 0. The van der Waals surface area contributed by atoms with Crippen molar-refractivity contribution in [2.24, 2.45) is 0 Å². The van der Waals surface area contributed by atoms with Crippen LogP contribution in [0.15, 0.2) is 48.6 Å². The van der Waals surface area contributed by atoms with E-state index in [9.17, 15) is 14.4 Å². The second-order valence-corrected chi connectivity index (χ2v) is 23.1. The van der Waals surface area contributed by atoms with Crippen molar-refractivity contribution >= 4 is 17.9 Å². The molecule has 0 amide bonds. The molecule has 0 aliphatic rings. The molecule has 0 aliphatic carbocycles. The summed E-state index contributed by atoms with van der Waals surface area (Å²) in [5.41, 5.74) is 0. The van der Waals surface area contributed by atoms with Gasteiger partial charge in [-0.3, -0.25) is 14.4 Å². The third-order valence-electron chi connectivity index (χ3n) is 15.3. The number of hydrogen-bond donors (Lipinski definition) is 0. The fourth-order valence-electron chi connectivity index (χ4n) is 10.2. The first-order chi connectivity index (χ1) is 38.0. The molecule has 0 fully saturated rings. The van der Waals surface area contributed by atoms with Gasteiger partial charge in [0.2, 0.25) is 0 Å². The second-order valence-electron chi connectivity index (χ2n) is 23.1. The summed E-state index contributed by atoms with van der Waals surface area (Å²) in [6.07, 6.45) is 83.1. The number of esters is 3. The minimum absolute atomic E-state index is 0.0716. The van der Waals surface area contributed by atoms with Crippen LogP contribution in [0.1, 0.15) is 367 Å². The zero-order valence-corrected chi connectivity index (χ0v) is 51.7. The van der Waals surface area contributed by atoms with E-state index in [-0.39, 0.29) is 31.1 Å². The van der Waals surface area contributed by atoms with Gasteiger partial charge in [0, 0.05) is 19.3 Å². The first-order valence-electron chi connectivity index (χ1n) is 34.1. The summed E-state index contributed by atoms with van der Waals surface area (Å²) in [5.74, 6) is -0.863. The van der Waals surface area contributed by atoms with Crippen molar-refractivity contribution < 1.29 is 28.6 Å². The molecule has 0 saturated carbocycles.